The number of pyridine rings is 1. The van der Waals surface area contributed by atoms with Crippen LogP contribution in [0.5, 0.6) is 0 Å². The number of nitrogens with zero attached hydrogens (tertiary/aromatic N) is 2. The van der Waals surface area contributed by atoms with Crippen molar-refractivity contribution in [2.75, 3.05) is 13.1 Å². The van der Waals surface area contributed by atoms with E-state index in [1.807, 2.05) is 27.7 Å². The summed E-state index contributed by atoms with van der Waals surface area (Å²) in [5.74, 6) is -0.338. The van der Waals surface area contributed by atoms with Crippen LogP contribution in [0.4, 0.5) is 9.18 Å². The molecule has 1 amide bonds. The number of carbonyl (C=O) groups excluding carboxylic acids is 1. The number of amides is 1. The van der Waals surface area contributed by atoms with Gasteiger partial charge in [0.1, 0.15) is 11.4 Å². The standard InChI is InChI=1S/C17H26FN3O2/c1-12(15-8-7-13(18)10-19-15)20-14-6-5-9-21(11-14)16(22)23-17(2,3)4/h7-8,10,12,14,20H,5-6,9,11H2,1-4H3. The number of hydrogen-bond acceptors (Lipinski definition) is 4. The highest BCUT2D eigenvalue weighted by Crippen LogP contribution is 2.18. The molecule has 1 aliphatic heterocycles. The quantitative estimate of drug-likeness (QED) is 0.927. The minimum Gasteiger partial charge on any atom is -0.444 e. The molecule has 2 heterocycles. The summed E-state index contributed by atoms with van der Waals surface area (Å²) in [7, 11) is 0. The zero-order valence-corrected chi connectivity index (χ0v) is 14.3. The molecule has 2 rings (SSSR count). The average molecular weight is 323 g/mol. The van der Waals surface area contributed by atoms with E-state index in [0.717, 1.165) is 25.1 Å². The summed E-state index contributed by atoms with van der Waals surface area (Å²) >= 11 is 0. The Kier molecular flexibility index (Phi) is 5.57. The third kappa shape index (κ3) is 5.46. The highest BCUT2D eigenvalue weighted by Gasteiger charge is 2.28. The van der Waals surface area contributed by atoms with Crippen LogP contribution in [0.3, 0.4) is 0 Å². The first-order valence-corrected chi connectivity index (χ1v) is 8.10. The van der Waals surface area contributed by atoms with Crippen molar-refractivity contribution in [3.05, 3.63) is 29.8 Å². The highest BCUT2D eigenvalue weighted by atomic mass is 19.1. The number of aromatic nitrogens is 1. The van der Waals surface area contributed by atoms with E-state index >= 15 is 0 Å². The zero-order chi connectivity index (χ0) is 17.0. The maximum atomic E-state index is 12.9. The monoisotopic (exact) mass is 323 g/mol. The van der Waals surface area contributed by atoms with Crippen LogP contribution in [0.1, 0.15) is 52.3 Å². The molecule has 2 unspecified atom stereocenters. The molecule has 1 aromatic heterocycles. The summed E-state index contributed by atoms with van der Waals surface area (Å²) in [4.78, 5) is 18.0. The Morgan fingerprint density at radius 2 is 2.22 bits per heavy atom. The van der Waals surface area contributed by atoms with Gasteiger partial charge in [-0.05, 0) is 52.7 Å². The van der Waals surface area contributed by atoms with E-state index in [4.69, 9.17) is 4.74 Å². The summed E-state index contributed by atoms with van der Waals surface area (Å²) in [6.45, 7) is 8.93. The number of likely N-dealkylation sites (tertiary alicyclic amines) is 1. The van der Waals surface area contributed by atoms with Crippen LogP contribution < -0.4 is 5.32 Å². The number of carbonyl (C=O) groups is 1. The lowest BCUT2D eigenvalue weighted by Gasteiger charge is -2.35. The Labute approximate surface area is 137 Å². The number of piperidine rings is 1. The molecule has 1 aromatic rings. The molecule has 0 spiro atoms. The summed E-state index contributed by atoms with van der Waals surface area (Å²) in [5, 5.41) is 3.47. The lowest BCUT2D eigenvalue weighted by molar-refractivity contribution is 0.0183. The Hall–Kier alpha value is -1.69. The van der Waals surface area contributed by atoms with Crippen molar-refractivity contribution < 1.29 is 13.9 Å². The highest BCUT2D eigenvalue weighted by molar-refractivity contribution is 5.68. The van der Waals surface area contributed by atoms with Crippen LogP contribution in [0.15, 0.2) is 18.3 Å². The maximum Gasteiger partial charge on any atom is 0.410 e. The molecule has 1 saturated heterocycles. The molecule has 0 radical (unpaired) electrons. The molecule has 128 valence electrons. The number of hydrogen-bond donors (Lipinski definition) is 1. The van der Waals surface area contributed by atoms with Crippen LogP contribution in [-0.4, -0.2) is 40.7 Å². The van der Waals surface area contributed by atoms with E-state index < -0.39 is 5.60 Å². The van der Waals surface area contributed by atoms with Crippen molar-refractivity contribution in [1.82, 2.24) is 15.2 Å². The average Bonchev–Trinajstić information content (AvgIpc) is 2.46. The summed E-state index contributed by atoms with van der Waals surface area (Å²) in [6, 6.07) is 3.27. The van der Waals surface area contributed by atoms with Gasteiger partial charge in [0.05, 0.1) is 11.9 Å². The number of nitrogens with one attached hydrogen (secondary N) is 1. The fourth-order valence-electron chi connectivity index (χ4n) is 2.69. The molecule has 0 saturated carbocycles. The molecule has 2 atom stereocenters. The van der Waals surface area contributed by atoms with Crippen molar-refractivity contribution in [3.8, 4) is 0 Å². The van der Waals surface area contributed by atoms with Gasteiger partial charge in [0.15, 0.2) is 0 Å². The lowest BCUT2D eigenvalue weighted by atomic mass is 10.0. The fraction of sp³-hybridized carbons (Fsp3) is 0.647. The first-order valence-electron chi connectivity index (χ1n) is 8.10. The Balaban J connectivity index is 1.90. The smallest absolute Gasteiger partial charge is 0.410 e. The zero-order valence-electron chi connectivity index (χ0n) is 14.3. The third-order valence-electron chi connectivity index (χ3n) is 3.75. The predicted molar refractivity (Wildman–Crippen MR) is 86.6 cm³/mol. The van der Waals surface area contributed by atoms with Gasteiger partial charge in [0, 0.05) is 25.2 Å². The minimum absolute atomic E-state index is 0.000753. The first-order chi connectivity index (χ1) is 10.7. The van der Waals surface area contributed by atoms with Crippen molar-refractivity contribution in [2.24, 2.45) is 0 Å². The minimum atomic E-state index is -0.483. The first kappa shape index (κ1) is 17.7. The Bertz CT molecular complexity index is 528. The van der Waals surface area contributed by atoms with Crippen LogP contribution in [0, 0.1) is 5.82 Å². The largest absolute Gasteiger partial charge is 0.444 e. The summed E-state index contributed by atoms with van der Waals surface area (Å²) < 4.78 is 18.4. The molecule has 0 bridgehead atoms. The summed E-state index contributed by atoms with van der Waals surface area (Å²) in [5.41, 5.74) is 0.309. The molecular formula is C17H26FN3O2. The fourth-order valence-corrected chi connectivity index (χ4v) is 2.69. The van der Waals surface area contributed by atoms with Crippen LogP contribution in [0.25, 0.3) is 0 Å². The number of ether oxygens (including phenoxy) is 1. The Morgan fingerprint density at radius 1 is 1.48 bits per heavy atom. The second-order valence-corrected chi connectivity index (χ2v) is 7.06. The molecule has 23 heavy (non-hydrogen) atoms. The molecule has 0 aliphatic carbocycles. The van der Waals surface area contributed by atoms with Crippen molar-refractivity contribution in [1.29, 1.82) is 0 Å². The second-order valence-electron chi connectivity index (χ2n) is 7.06. The van der Waals surface area contributed by atoms with Crippen molar-refractivity contribution in [2.45, 2.75) is 58.2 Å². The molecule has 1 aliphatic rings. The number of halogens is 1. The van der Waals surface area contributed by atoms with E-state index in [-0.39, 0.29) is 24.0 Å². The lowest BCUT2D eigenvalue weighted by Crippen LogP contribution is -2.49. The Morgan fingerprint density at radius 3 is 2.83 bits per heavy atom. The molecule has 5 nitrogen and oxygen atoms in total. The van der Waals surface area contributed by atoms with E-state index in [2.05, 4.69) is 10.3 Å². The van der Waals surface area contributed by atoms with Crippen LogP contribution in [-0.2, 0) is 4.74 Å². The van der Waals surface area contributed by atoms with Crippen molar-refractivity contribution in [3.63, 3.8) is 0 Å². The maximum absolute atomic E-state index is 12.9. The van der Waals surface area contributed by atoms with Gasteiger partial charge in [0.2, 0.25) is 0 Å². The second kappa shape index (κ2) is 7.25. The van der Waals surface area contributed by atoms with E-state index in [1.165, 1.54) is 12.3 Å². The van der Waals surface area contributed by atoms with Gasteiger partial charge in [0.25, 0.3) is 0 Å². The van der Waals surface area contributed by atoms with Gasteiger partial charge >= 0.3 is 6.09 Å². The SMILES string of the molecule is CC(NC1CCCN(C(=O)OC(C)(C)C)C1)c1ccc(F)cn1. The summed E-state index contributed by atoms with van der Waals surface area (Å²) in [6.07, 6.45) is 2.88. The van der Waals surface area contributed by atoms with Gasteiger partial charge in [-0.1, -0.05) is 0 Å². The normalized spacial score (nSPS) is 20.2. The van der Waals surface area contributed by atoms with E-state index in [0.29, 0.717) is 6.54 Å². The van der Waals surface area contributed by atoms with Crippen molar-refractivity contribution >= 4 is 6.09 Å². The molecule has 6 heteroatoms. The van der Waals surface area contributed by atoms with E-state index in [1.54, 1.807) is 11.0 Å². The topological polar surface area (TPSA) is 54.5 Å². The van der Waals surface area contributed by atoms with Gasteiger partial charge in [-0.15, -0.1) is 0 Å². The third-order valence-corrected chi connectivity index (χ3v) is 3.75. The predicted octanol–water partition coefficient (Wildman–Crippen LogP) is 3.27. The molecular weight excluding hydrogens is 297 g/mol. The van der Waals surface area contributed by atoms with Crippen LogP contribution in [0.2, 0.25) is 0 Å². The van der Waals surface area contributed by atoms with Gasteiger partial charge < -0.3 is 15.0 Å². The number of rotatable bonds is 3. The molecule has 0 aromatic carbocycles. The van der Waals surface area contributed by atoms with E-state index in [9.17, 15) is 9.18 Å². The van der Waals surface area contributed by atoms with Gasteiger partial charge in [-0.3, -0.25) is 4.98 Å². The van der Waals surface area contributed by atoms with Crippen LogP contribution >= 0.6 is 0 Å². The van der Waals surface area contributed by atoms with Gasteiger partial charge in [-0.25, -0.2) is 9.18 Å². The molecule has 1 N–H and O–H groups in total. The van der Waals surface area contributed by atoms with Gasteiger partial charge in [-0.2, -0.15) is 0 Å². The molecule has 1 fully saturated rings.